The topological polar surface area (TPSA) is 25.8 Å². The molecule has 5 rings (SSSR count). The predicted molar refractivity (Wildman–Crippen MR) is 136 cm³/mol. The van der Waals surface area contributed by atoms with Gasteiger partial charge in [0.1, 0.15) is 0 Å². The Morgan fingerprint density at radius 1 is 0.500 bits per heavy atom. The van der Waals surface area contributed by atoms with Gasteiger partial charge in [0.2, 0.25) is 0 Å². The van der Waals surface area contributed by atoms with E-state index in [4.69, 9.17) is 9.97 Å². The molecule has 32 heavy (non-hydrogen) atoms. The van der Waals surface area contributed by atoms with E-state index in [0.29, 0.717) is 0 Å². The summed E-state index contributed by atoms with van der Waals surface area (Å²) in [5, 5.41) is 0. The molecule has 0 radical (unpaired) electrons. The Labute approximate surface area is 196 Å². The SMILES string of the molecule is Cc1ccc(-c2nc(-c3cccc(Br)c3)cc(-c3cccc(-c4ccccc4)c3)n2)cc1. The van der Waals surface area contributed by atoms with Gasteiger partial charge in [-0.3, -0.25) is 0 Å². The molecular formula is C29H21BrN2. The average Bonchev–Trinajstić information content (AvgIpc) is 2.85. The number of aryl methyl sites for hydroxylation is 1. The largest absolute Gasteiger partial charge is 0.228 e. The Morgan fingerprint density at radius 2 is 1.09 bits per heavy atom. The van der Waals surface area contributed by atoms with Gasteiger partial charge in [0, 0.05) is 21.2 Å². The van der Waals surface area contributed by atoms with Crippen molar-refractivity contribution < 1.29 is 0 Å². The molecule has 0 aliphatic carbocycles. The lowest BCUT2D eigenvalue weighted by molar-refractivity contribution is 1.18. The van der Waals surface area contributed by atoms with Gasteiger partial charge in [0.05, 0.1) is 11.4 Å². The zero-order valence-electron chi connectivity index (χ0n) is 17.7. The Bertz CT molecular complexity index is 1380. The van der Waals surface area contributed by atoms with E-state index in [2.05, 4.69) is 114 Å². The van der Waals surface area contributed by atoms with E-state index in [0.717, 1.165) is 38.4 Å². The molecular weight excluding hydrogens is 456 g/mol. The second-order valence-electron chi connectivity index (χ2n) is 7.79. The third-order valence-electron chi connectivity index (χ3n) is 5.42. The smallest absolute Gasteiger partial charge is 0.160 e. The molecule has 5 aromatic rings. The summed E-state index contributed by atoms with van der Waals surface area (Å²) in [6.45, 7) is 2.09. The van der Waals surface area contributed by atoms with Gasteiger partial charge in [0.15, 0.2) is 5.82 Å². The lowest BCUT2D eigenvalue weighted by atomic mass is 10.0. The minimum absolute atomic E-state index is 0.725. The highest BCUT2D eigenvalue weighted by molar-refractivity contribution is 9.10. The quantitative estimate of drug-likeness (QED) is 0.261. The first kappa shape index (κ1) is 20.3. The van der Waals surface area contributed by atoms with Crippen LogP contribution in [0.15, 0.2) is 114 Å². The molecule has 0 saturated heterocycles. The summed E-state index contributed by atoms with van der Waals surface area (Å²) in [4.78, 5) is 9.88. The summed E-state index contributed by atoms with van der Waals surface area (Å²) in [7, 11) is 0. The third kappa shape index (κ3) is 4.39. The minimum atomic E-state index is 0.725. The van der Waals surface area contributed by atoms with E-state index in [1.165, 1.54) is 16.7 Å². The Morgan fingerprint density at radius 3 is 1.78 bits per heavy atom. The molecule has 1 aromatic heterocycles. The fourth-order valence-electron chi connectivity index (χ4n) is 3.71. The maximum absolute atomic E-state index is 4.96. The first-order valence-corrected chi connectivity index (χ1v) is 11.3. The number of aromatic nitrogens is 2. The first-order chi connectivity index (χ1) is 15.7. The molecule has 0 saturated carbocycles. The molecule has 0 atom stereocenters. The highest BCUT2D eigenvalue weighted by Gasteiger charge is 2.11. The Hall–Kier alpha value is -3.56. The third-order valence-corrected chi connectivity index (χ3v) is 5.92. The zero-order chi connectivity index (χ0) is 21.9. The number of halogens is 1. The highest BCUT2D eigenvalue weighted by atomic mass is 79.9. The predicted octanol–water partition coefficient (Wildman–Crippen LogP) is 8.22. The molecule has 154 valence electrons. The van der Waals surface area contributed by atoms with Gasteiger partial charge >= 0.3 is 0 Å². The van der Waals surface area contributed by atoms with E-state index < -0.39 is 0 Å². The summed E-state index contributed by atoms with van der Waals surface area (Å²) in [6.07, 6.45) is 0. The number of rotatable bonds is 4. The van der Waals surface area contributed by atoms with Crippen LogP contribution in [0.1, 0.15) is 5.56 Å². The lowest BCUT2D eigenvalue weighted by Gasteiger charge is -2.11. The summed E-state index contributed by atoms with van der Waals surface area (Å²) >= 11 is 3.59. The van der Waals surface area contributed by atoms with Crippen LogP contribution in [0, 0.1) is 6.92 Å². The van der Waals surface area contributed by atoms with Gasteiger partial charge in [-0.1, -0.05) is 106 Å². The maximum Gasteiger partial charge on any atom is 0.160 e. The van der Waals surface area contributed by atoms with Crippen molar-refractivity contribution in [1.29, 1.82) is 0 Å². The maximum atomic E-state index is 4.96. The monoisotopic (exact) mass is 476 g/mol. The van der Waals surface area contributed by atoms with Crippen molar-refractivity contribution in [3.63, 3.8) is 0 Å². The van der Waals surface area contributed by atoms with Gasteiger partial charge in [-0.25, -0.2) is 9.97 Å². The highest BCUT2D eigenvalue weighted by Crippen LogP contribution is 2.31. The molecule has 1 heterocycles. The first-order valence-electron chi connectivity index (χ1n) is 10.5. The van der Waals surface area contributed by atoms with Crippen molar-refractivity contribution in [3.8, 4) is 45.0 Å². The van der Waals surface area contributed by atoms with E-state index in [1.807, 2.05) is 18.2 Å². The molecule has 0 amide bonds. The minimum Gasteiger partial charge on any atom is -0.228 e. The molecule has 0 fully saturated rings. The Balaban J connectivity index is 1.67. The second kappa shape index (κ2) is 8.89. The van der Waals surface area contributed by atoms with Gasteiger partial charge in [-0.05, 0) is 42.3 Å². The molecule has 0 bridgehead atoms. The van der Waals surface area contributed by atoms with Crippen molar-refractivity contribution in [2.75, 3.05) is 0 Å². The van der Waals surface area contributed by atoms with E-state index >= 15 is 0 Å². The van der Waals surface area contributed by atoms with Crippen LogP contribution in [0.4, 0.5) is 0 Å². The average molecular weight is 477 g/mol. The summed E-state index contributed by atoms with van der Waals surface area (Å²) < 4.78 is 1.03. The number of nitrogens with zero attached hydrogens (tertiary/aromatic N) is 2. The standard InChI is InChI=1S/C29H21BrN2/c1-20-13-15-22(16-14-20)29-31-27(19-28(32-29)25-11-6-12-26(30)18-25)24-10-5-9-23(17-24)21-7-3-2-4-8-21/h2-19H,1H3. The normalized spacial score (nSPS) is 10.8. The van der Waals surface area contributed by atoms with Crippen LogP contribution in [-0.4, -0.2) is 9.97 Å². The van der Waals surface area contributed by atoms with Crippen LogP contribution in [-0.2, 0) is 0 Å². The van der Waals surface area contributed by atoms with Crippen molar-refractivity contribution in [2.24, 2.45) is 0 Å². The molecule has 0 spiro atoms. The van der Waals surface area contributed by atoms with Crippen LogP contribution < -0.4 is 0 Å². The Kier molecular flexibility index (Phi) is 5.66. The molecule has 3 heteroatoms. The summed E-state index contributed by atoms with van der Waals surface area (Å²) in [5.74, 6) is 0.725. The number of hydrogen-bond donors (Lipinski definition) is 0. The van der Waals surface area contributed by atoms with Crippen LogP contribution in [0.25, 0.3) is 45.0 Å². The molecule has 0 aliphatic heterocycles. The van der Waals surface area contributed by atoms with Crippen LogP contribution >= 0.6 is 15.9 Å². The molecule has 2 nitrogen and oxygen atoms in total. The molecule has 0 N–H and O–H groups in total. The summed E-state index contributed by atoms with van der Waals surface area (Å²) in [6, 6.07) is 37.6. The number of benzene rings is 4. The van der Waals surface area contributed by atoms with Gasteiger partial charge in [-0.2, -0.15) is 0 Å². The van der Waals surface area contributed by atoms with Crippen molar-refractivity contribution >= 4 is 15.9 Å². The van der Waals surface area contributed by atoms with E-state index in [1.54, 1.807) is 0 Å². The lowest BCUT2D eigenvalue weighted by Crippen LogP contribution is -1.96. The fraction of sp³-hybridized carbons (Fsp3) is 0.0345. The van der Waals surface area contributed by atoms with Gasteiger partial charge in [0.25, 0.3) is 0 Å². The van der Waals surface area contributed by atoms with Crippen molar-refractivity contribution in [2.45, 2.75) is 6.92 Å². The molecule has 0 aliphatic rings. The van der Waals surface area contributed by atoms with Crippen LogP contribution in [0.2, 0.25) is 0 Å². The molecule has 0 unspecified atom stereocenters. The van der Waals surface area contributed by atoms with Gasteiger partial charge in [-0.15, -0.1) is 0 Å². The van der Waals surface area contributed by atoms with E-state index in [-0.39, 0.29) is 0 Å². The summed E-state index contributed by atoms with van der Waals surface area (Å²) in [5.41, 5.74) is 8.51. The molecule has 4 aromatic carbocycles. The van der Waals surface area contributed by atoms with E-state index in [9.17, 15) is 0 Å². The van der Waals surface area contributed by atoms with Gasteiger partial charge < -0.3 is 0 Å². The fourth-order valence-corrected chi connectivity index (χ4v) is 4.11. The van der Waals surface area contributed by atoms with Crippen molar-refractivity contribution in [3.05, 3.63) is 119 Å². The number of hydrogen-bond acceptors (Lipinski definition) is 2. The van der Waals surface area contributed by atoms with Crippen LogP contribution in [0.3, 0.4) is 0 Å². The zero-order valence-corrected chi connectivity index (χ0v) is 19.3. The van der Waals surface area contributed by atoms with Crippen LogP contribution in [0.5, 0.6) is 0 Å². The van der Waals surface area contributed by atoms with Crippen molar-refractivity contribution in [1.82, 2.24) is 9.97 Å². The second-order valence-corrected chi connectivity index (χ2v) is 8.70.